The number of nitriles is 1. The number of rotatable bonds is 3. The van der Waals surface area contributed by atoms with Crippen LogP contribution in [0, 0.1) is 11.3 Å². The number of nitrogens with zero attached hydrogens (tertiary/aromatic N) is 2. The summed E-state index contributed by atoms with van der Waals surface area (Å²) in [5, 5.41) is 8.81. The Morgan fingerprint density at radius 3 is 2.79 bits per heavy atom. The molecule has 0 bridgehead atoms. The molecule has 0 N–H and O–H groups in total. The lowest BCUT2D eigenvalue weighted by Gasteiger charge is -2.07. The molecule has 0 amide bonds. The van der Waals surface area contributed by atoms with Gasteiger partial charge in [-0.05, 0) is 17.5 Å². The molecule has 1 unspecified atom stereocenters. The van der Waals surface area contributed by atoms with Crippen molar-refractivity contribution in [2.24, 2.45) is 4.99 Å². The van der Waals surface area contributed by atoms with E-state index in [2.05, 4.69) is 4.99 Å². The summed E-state index contributed by atoms with van der Waals surface area (Å²) in [5.74, 6) is 0. The minimum absolute atomic E-state index is 0.719. The first-order valence-electron chi connectivity index (χ1n) is 4.37. The van der Waals surface area contributed by atoms with Crippen LogP contribution in [0.15, 0.2) is 29.3 Å². The Morgan fingerprint density at radius 1 is 1.50 bits per heavy atom. The predicted octanol–water partition coefficient (Wildman–Crippen LogP) is 2.15. The Balaban J connectivity index is 3.16. The van der Waals surface area contributed by atoms with Gasteiger partial charge in [-0.2, -0.15) is 10.3 Å². The number of aryl methyl sites for hydroxylation is 1. The van der Waals surface area contributed by atoms with E-state index >= 15 is 0 Å². The van der Waals surface area contributed by atoms with Gasteiger partial charge in [0.2, 0.25) is 6.08 Å². The maximum absolute atomic E-state index is 10.1. The van der Waals surface area contributed by atoms with Gasteiger partial charge in [0.15, 0.2) is 6.04 Å². The van der Waals surface area contributed by atoms with Gasteiger partial charge in [0.1, 0.15) is 0 Å². The molecule has 1 aromatic carbocycles. The van der Waals surface area contributed by atoms with Crippen LogP contribution in [-0.4, -0.2) is 6.08 Å². The van der Waals surface area contributed by atoms with Gasteiger partial charge >= 0.3 is 0 Å². The molecule has 0 saturated heterocycles. The fraction of sp³-hybridized carbons (Fsp3) is 0.273. The fourth-order valence-electron chi connectivity index (χ4n) is 1.34. The highest BCUT2D eigenvalue weighted by Gasteiger charge is 2.11. The van der Waals surface area contributed by atoms with E-state index in [0.29, 0.717) is 0 Å². The molecule has 1 aromatic rings. The van der Waals surface area contributed by atoms with Crippen LogP contribution in [0.4, 0.5) is 0 Å². The van der Waals surface area contributed by atoms with Gasteiger partial charge in [0, 0.05) is 0 Å². The third-order valence-electron chi connectivity index (χ3n) is 2.03. The SMILES string of the molecule is CCc1ccccc1C(C#N)N=C=O. The highest BCUT2D eigenvalue weighted by atomic mass is 16.1. The average Bonchev–Trinajstić information content (AvgIpc) is 2.26. The molecule has 0 aliphatic heterocycles. The second kappa shape index (κ2) is 4.96. The molecule has 3 nitrogen and oxygen atoms in total. The van der Waals surface area contributed by atoms with Crippen LogP contribution in [0.5, 0.6) is 0 Å². The van der Waals surface area contributed by atoms with Crippen molar-refractivity contribution >= 4 is 6.08 Å². The van der Waals surface area contributed by atoms with Gasteiger partial charge in [-0.1, -0.05) is 31.2 Å². The maximum Gasteiger partial charge on any atom is 0.236 e. The molecule has 0 heterocycles. The molecule has 0 aliphatic carbocycles. The predicted molar refractivity (Wildman–Crippen MR) is 52.3 cm³/mol. The molecule has 1 rings (SSSR count). The van der Waals surface area contributed by atoms with E-state index in [1.165, 1.54) is 6.08 Å². The number of isocyanates is 1. The number of aliphatic imine (C=N–C) groups is 1. The molecular weight excluding hydrogens is 176 g/mol. The zero-order valence-electron chi connectivity index (χ0n) is 7.90. The largest absolute Gasteiger partial charge is 0.236 e. The molecule has 3 heteroatoms. The Morgan fingerprint density at radius 2 is 2.21 bits per heavy atom. The highest BCUT2D eigenvalue weighted by molar-refractivity contribution is 5.40. The van der Waals surface area contributed by atoms with Gasteiger partial charge in [0.05, 0.1) is 6.07 Å². The van der Waals surface area contributed by atoms with Crippen molar-refractivity contribution in [3.63, 3.8) is 0 Å². The summed E-state index contributed by atoms with van der Waals surface area (Å²) in [6.45, 7) is 2.00. The Hall–Kier alpha value is -1.91. The zero-order chi connectivity index (χ0) is 10.4. The smallest absolute Gasteiger partial charge is 0.211 e. The van der Waals surface area contributed by atoms with E-state index in [0.717, 1.165) is 17.5 Å². The van der Waals surface area contributed by atoms with Crippen molar-refractivity contribution in [3.05, 3.63) is 35.4 Å². The second-order valence-corrected chi connectivity index (χ2v) is 2.80. The average molecular weight is 186 g/mol. The summed E-state index contributed by atoms with van der Waals surface area (Å²) in [7, 11) is 0. The van der Waals surface area contributed by atoms with E-state index in [9.17, 15) is 4.79 Å². The van der Waals surface area contributed by atoms with Crippen LogP contribution in [0.3, 0.4) is 0 Å². The molecule has 70 valence electrons. The van der Waals surface area contributed by atoms with Crippen LogP contribution in [-0.2, 0) is 11.2 Å². The third-order valence-corrected chi connectivity index (χ3v) is 2.03. The second-order valence-electron chi connectivity index (χ2n) is 2.80. The van der Waals surface area contributed by atoms with Crippen LogP contribution < -0.4 is 0 Å². The van der Waals surface area contributed by atoms with Crippen molar-refractivity contribution in [1.29, 1.82) is 5.26 Å². The summed E-state index contributed by atoms with van der Waals surface area (Å²) in [6.07, 6.45) is 2.24. The first-order chi connectivity index (χ1) is 6.83. The van der Waals surface area contributed by atoms with Crippen LogP contribution in [0.25, 0.3) is 0 Å². The van der Waals surface area contributed by atoms with Gasteiger partial charge in [-0.25, -0.2) is 4.79 Å². The maximum atomic E-state index is 10.1. The van der Waals surface area contributed by atoms with Crippen molar-refractivity contribution in [2.45, 2.75) is 19.4 Å². The Kier molecular flexibility index (Phi) is 3.60. The van der Waals surface area contributed by atoms with Crippen LogP contribution in [0.1, 0.15) is 24.1 Å². The lowest BCUT2D eigenvalue weighted by Crippen LogP contribution is -1.97. The molecule has 0 saturated carbocycles. The number of hydrogen-bond acceptors (Lipinski definition) is 3. The van der Waals surface area contributed by atoms with E-state index in [4.69, 9.17) is 5.26 Å². The van der Waals surface area contributed by atoms with E-state index in [1.54, 1.807) is 0 Å². The van der Waals surface area contributed by atoms with Crippen LogP contribution >= 0.6 is 0 Å². The minimum atomic E-state index is -0.719. The van der Waals surface area contributed by atoms with Crippen molar-refractivity contribution in [2.75, 3.05) is 0 Å². The summed E-state index contributed by atoms with van der Waals surface area (Å²) < 4.78 is 0. The normalized spacial score (nSPS) is 11.1. The van der Waals surface area contributed by atoms with Crippen molar-refractivity contribution in [1.82, 2.24) is 0 Å². The van der Waals surface area contributed by atoms with Gasteiger partial charge in [-0.15, -0.1) is 0 Å². The van der Waals surface area contributed by atoms with E-state index < -0.39 is 6.04 Å². The summed E-state index contributed by atoms with van der Waals surface area (Å²) in [4.78, 5) is 13.6. The summed E-state index contributed by atoms with van der Waals surface area (Å²) in [5.41, 5.74) is 1.83. The van der Waals surface area contributed by atoms with E-state index in [1.807, 2.05) is 37.3 Å². The first-order valence-corrected chi connectivity index (χ1v) is 4.37. The molecule has 1 atom stereocenters. The standard InChI is InChI=1S/C11H10N2O/c1-2-9-5-3-4-6-10(9)11(7-12)13-8-14/h3-6,11H,2H2,1H3. The molecule has 0 fully saturated rings. The number of benzene rings is 1. The molecule has 0 spiro atoms. The number of hydrogen-bond donors (Lipinski definition) is 0. The zero-order valence-corrected chi connectivity index (χ0v) is 7.90. The molecule has 0 aliphatic rings. The quantitative estimate of drug-likeness (QED) is 0.536. The highest BCUT2D eigenvalue weighted by Crippen LogP contribution is 2.20. The monoisotopic (exact) mass is 186 g/mol. The van der Waals surface area contributed by atoms with Crippen LogP contribution in [0.2, 0.25) is 0 Å². The van der Waals surface area contributed by atoms with Crippen molar-refractivity contribution < 1.29 is 4.79 Å². The Bertz CT molecular complexity index is 400. The fourth-order valence-corrected chi connectivity index (χ4v) is 1.34. The topological polar surface area (TPSA) is 53.2 Å². The molecular formula is C11H10N2O. The van der Waals surface area contributed by atoms with E-state index in [-0.39, 0.29) is 0 Å². The van der Waals surface area contributed by atoms with Gasteiger partial charge in [-0.3, -0.25) is 0 Å². The van der Waals surface area contributed by atoms with Gasteiger partial charge < -0.3 is 0 Å². The Labute approximate surface area is 82.7 Å². The number of carbonyl (C=O) groups excluding carboxylic acids is 1. The summed E-state index contributed by atoms with van der Waals surface area (Å²) >= 11 is 0. The summed E-state index contributed by atoms with van der Waals surface area (Å²) in [6, 6.07) is 8.73. The lowest BCUT2D eigenvalue weighted by atomic mass is 10.00. The molecule has 0 aromatic heterocycles. The van der Waals surface area contributed by atoms with Gasteiger partial charge in [0.25, 0.3) is 0 Å². The molecule has 14 heavy (non-hydrogen) atoms. The first kappa shape index (κ1) is 10.2. The molecule has 0 radical (unpaired) electrons. The van der Waals surface area contributed by atoms with Crippen molar-refractivity contribution in [3.8, 4) is 6.07 Å². The lowest BCUT2D eigenvalue weighted by molar-refractivity contribution is 0.561. The third kappa shape index (κ3) is 2.07. The minimum Gasteiger partial charge on any atom is -0.211 e.